The van der Waals surface area contributed by atoms with Crippen LogP contribution in [0.1, 0.15) is 11.4 Å². The molecule has 0 amide bonds. The largest absolute Gasteiger partial charge is 0.338 e. The van der Waals surface area contributed by atoms with Crippen molar-refractivity contribution in [3.63, 3.8) is 0 Å². The molecule has 1 saturated heterocycles. The zero-order chi connectivity index (χ0) is 17.3. The van der Waals surface area contributed by atoms with Crippen molar-refractivity contribution in [1.29, 1.82) is 0 Å². The fraction of sp³-hybridized carbons (Fsp3) is 0.375. The molecule has 1 aromatic heterocycles. The van der Waals surface area contributed by atoms with Crippen molar-refractivity contribution in [3.8, 4) is 0 Å². The first kappa shape index (κ1) is 17.1. The van der Waals surface area contributed by atoms with Crippen LogP contribution in [-0.2, 0) is 10.0 Å². The lowest BCUT2D eigenvalue weighted by Crippen LogP contribution is -2.49. The first-order chi connectivity index (χ1) is 11.4. The molecule has 2 heterocycles. The van der Waals surface area contributed by atoms with Crippen molar-refractivity contribution < 1.29 is 8.42 Å². The van der Waals surface area contributed by atoms with E-state index in [1.54, 1.807) is 12.1 Å². The van der Waals surface area contributed by atoms with Crippen LogP contribution in [0.4, 0.5) is 5.95 Å². The number of hydrogen-bond donors (Lipinski definition) is 0. The first-order valence-corrected chi connectivity index (χ1v) is 9.51. The molecule has 0 radical (unpaired) electrons. The lowest BCUT2D eigenvalue weighted by Gasteiger charge is -2.34. The molecular weight excluding hydrogens is 348 g/mol. The van der Waals surface area contributed by atoms with Crippen LogP contribution in [0.3, 0.4) is 0 Å². The third-order valence-corrected chi connectivity index (χ3v) is 6.11. The van der Waals surface area contributed by atoms with Crippen LogP contribution in [0.2, 0.25) is 5.02 Å². The minimum Gasteiger partial charge on any atom is -0.338 e. The maximum atomic E-state index is 12.7. The Hall–Kier alpha value is -1.70. The summed E-state index contributed by atoms with van der Waals surface area (Å²) in [6, 6.07) is 8.18. The van der Waals surface area contributed by atoms with Gasteiger partial charge in [-0.25, -0.2) is 18.4 Å². The van der Waals surface area contributed by atoms with E-state index in [9.17, 15) is 8.42 Å². The molecule has 3 rings (SSSR count). The van der Waals surface area contributed by atoms with Gasteiger partial charge >= 0.3 is 0 Å². The Morgan fingerprint density at radius 1 is 0.958 bits per heavy atom. The third kappa shape index (κ3) is 3.53. The normalized spacial score (nSPS) is 16.4. The molecule has 0 unspecified atom stereocenters. The summed E-state index contributed by atoms with van der Waals surface area (Å²) in [7, 11) is -3.49. The summed E-state index contributed by atoms with van der Waals surface area (Å²) < 4.78 is 26.9. The van der Waals surface area contributed by atoms with Gasteiger partial charge in [0.25, 0.3) is 0 Å². The quantitative estimate of drug-likeness (QED) is 0.833. The van der Waals surface area contributed by atoms with Crippen LogP contribution in [0.5, 0.6) is 0 Å². The summed E-state index contributed by atoms with van der Waals surface area (Å²) >= 11 is 5.83. The Balaban J connectivity index is 1.73. The molecule has 1 aromatic carbocycles. The fourth-order valence-electron chi connectivity index (χ4n) is 2.73. The number of aryl methyl sites for hydroxylation is 2. The minimum atomic E-state index is -3.49. The summed E-state index contributed by atoms with van der Waals surface area (Å²) in [5, 5.41) is 0.519. The third-order valence-electron chi connectivity index (χ3n) is 3.94. The summed E-state index contributed by atoms with van der Waals surface area (Å²) in [6.07, 6.45) is 0. The van der Waals surface area contributed by atoms with Gasteiger partial charge in [0, 0.05) is 42.6 Å². The van der Waals surface area contributed by atoms with E-state index in [1.165, 1.54) is 16.4 Å². The van der Waals surface area contributed by atoms with E-state index in [4.69, 9.17) is 11.6 Å². The molecule has 2 aromatic rings. The van der Waals surface area contributed by atoms with Crippen LogP contribution in [0.25, 0.3) is 0 Å². The van der Waals surface area contributed by atoms with E-state index < -0.39 is 10.0 Å². The maximum Gasteiger partial charge on any atom is 0.243 e. The predicted octanol–water partition coefficient (Wildman–Crippen LogP) is 2.26. The van der Waals surface area contributed by atoms with Crippen LogP contribution in [-0.4, -0.2) is 48.9 Å². The van der Waals surface area contributed by atoms with Gasteiger partial charge in [0.15, 0.2) is 0 Å². The molecule has 1 fully saturated rings. The Labute approximate surface area is 147 Å². The molecule has 6 nitrogen and oxygen atoms in total. The summed E-state index contributed by atoms with van der Waals surface area (Å²) in [5.41, 5.74) is 1.82. The van der Waals surface area contributed by atoms with Gasteiger partial charge in [-0.3, -0.25) is 0 Å². The molecule has 1 aliphatic heterocycles. The van der Waals surface area contributed by atoms with Crippen molar-refractivity contribution in [2.75, 3.05) is 31.1 Å². The Morgan fingerprint density at radius 2 is 1.50 bits per heavy atom. The highest BCUT2D eigenvalue weighted by Gasteiger charge is 2.29. The number of piperazine rings is 1. The van der Waals surface area contributed by atoms with Crippen molar-refractivity contribution in [2.24, 2.45) is 0 Å². The van der Waals surface area contributed by atoms with Crippen LogP contribution < -0.4 is 4.90 Å². The first-order valence-electron chi connectivity index (χ1n) is 7.69. The lowest BCUT2D eigenvalue weighted by molar-refractivity contribution is 0.382. The van der Waals surface area contributed by atoms with Gasteiger partial charge in [0.05, 0.1) is 4.90 Å². The molecule has 1 aliphatic rings. The molecule has 24 heavy (non-hydrogen) atoms. The summed E-state index contributed by atoms with van der Waals surface area (Å²) in [5.74, 6) is 0.663. The molecule has 0 atom stereocenters. The monoisotopic (exact) mass is 366 g/mol. The average Bonchev–Trinajstić information content (AvgIpc) is 2.54. The summed E-state index contributed by atoms with van der Waals surface area (Å²) in [6.45, 7) is 5.80. The molecule has 0 spiro atoms. The zero-order valence-corrected chi connectivity index (χ0v) is 15.2. The van der Waals surface area contributed by atoms with Crippen LogP contribution >= 0.6 is 11.6 Å². The van der Waals surface area contributed by atoms with Crippen LogP contribution in [0, 0.1) is 13.8 Å². The van der Waals surface area contributed by atoms with Crippen molar-refractivity contribution in [3.05, 3.63) is 46.7 Å². The molecular formula is C16H19ClN4O2S. The Bertz CT molecular complexity index is 811. The highest BCUT2D eigenvalue weighted by molar-refractivity contribution is 7.89. The number of sulfonamides is 1. The molecule has 128 valence electrons. The SMILES string of the molecule is Cc1cc(C)nc(N2CCN(S(=O)(=O)c3ccc(Cl)cc3)CC2)n1. The van der Waals surface area contributed by atoms with Gasteiger partial charge in [-0.2, -0.15) is 4.31 Å². The number of anilines is 1. The van der Waals surface area contributed by atoms with Crippen LogP contribution in [0.15, 0.2) is 35.2 Å². The van der Waals surface area contributed by atoms with Gasteiger partial charge in [-0.05, 0) is 44.2 Å². The lowest BCUT2D eigenvalue weighted by atomic mass is 10.3. The van der Waals surface area contributed by atoms with Gasteiger partial charge in [-0.1, -0.05) is 11.6 Å². The molecule has 0 aliphatic carbocycles. The van der Waals surface area contributed by atoms with E-state index in [0.717, 1.165) is 11.4 Å². The second-order valence-electron chi connectivity index (χ2n) is 5.80. The van der Waals surface area contributed by atoms with E-state index in [2.05, 4.69) is 9.97 Å². The Kier molecular flexibility index (Phi) is 4.76. The molecule has 8 heteroatoms. The second kappa shape index (κ2) is 6.66. The maximum absolute atomic E-state index is 12.7. The van der Waals surface area contributed by atoms with E-state index in [-0.39, 0.29) is 4.90 Å². The Morgan fingerprint density at radius 3 is 2.04 bits per heavy atom. The number of hydrogen-bond acceptors (Lipinski definition) is 5. The smallest absolute Gasteiger partial charge is 0.243 e. The number of halogens is 1. The summed E-state index contributed by atoms with van der Waals surface area (Å²) in [4.78, 5) is 11.2. The van der Waals surface area contributed by atoms with Gasteiger partial charge < -0.3 is 4.90 Å². The van der Waals surface area contributed by atoms with Gasteiger partial charge in [0.2, 0.25) is 16.0 Å². The number of aromatic nitrogens is 2. The highest BCUT2D eigenvalue weighted by Crippen LogP contribution is 2.21. The molecule has 0 bridgehead atoms. The van der Waals surface area contributed by atoms with E-state index in [1.807, 2.05) is 24.8 Å². The number of nitrogens with zero attached hydrogens (tertiary/aromatic N) is 4. The highest BCUT2D eigenvalue weighted by atomic mass is 35.5. The predicted molar refractivity (Wildman–Crippen MR) is 93.9 cm³/mol. The standard InChI is InChI=1S/C16H19ClN4O2S/c1-12-11-13(2)19-16(18-12)20-7-9-21(10-8-20)24(22,23)15-5-3-14(17)4-6-15/h3-6,11H,7-10H2,1-2H3. The van der Waals surface area contributed by atoms with Crippen molar-refractivity contribution in [1.82, 2.24) is 14.3 Å². The molecule has 0 saturated carbocycles. The number of rotatable bonds is 3. The zero-order valence-electron chi connectivity index (χ0n) is 13.6. The van der Waals surface area contributed by atoms with Gasteiger partial charge in [-0.15, -0.1) is 0 Å². The van der Waals surface area contributed by atoms with E-state index >= 15 is 0 Å². The van der Waals surface area contributed by atoms with Crippen molar-refractivity contribution >= 4 is 27.6 Å². The van der Waals surface area contributed by atoms with Crippen molar-refractivity contribution in [2.45, 2.75) is 18.7 Å². The van der Waals surface area contributed by atoms with E-state index in [0.29, 0.717) is 37.1 Å². The minimum absolute atomic E-state index is 0.267. The van der Waals surface area contributed by atoms with Gasteiger partial charge in [0.1, 0.15) is 0 Å². The second-order valence-corrected chi connectivity index (χ2v) is 8.17. The number of benzene rings is 1. The average molecular weight is 367 g/mol. The fourth-order valence-corrected chi connectivity index (χ4v) is 4.28. The topological polar surface area (TPSA) is 66.4 Å². The molecule has 0 N–H and O–H groups in total.